The third-order valence-corrected chi connectivity index (χ3v) is 3.15. The average Bonchev–Trinajstić information content (AvgIpc) is 2.32. The topological polar surface area (TPSA) is 55.8 Å². The number of ether oxygens (including phenoxy) is 2. The first-order valence-electron chi connectivity index (χ1n) is 6.73. The second kappa shape index (κ2) is 8.33. The molecule has 0 unspecified atom stereocenters. The van der Waals surface area contributed by atoms with E-state index in [1.807, 2.05) is 27.7 Å². The van der Waals surface area contributed by atoms with E-state index >= 15 is 0 Å². The molecule has 0 aliphatic rings. The molecule has 0 aliphatic carbocycles. The van der Waals surface area contributed by atoms with Crippen molar-refractivity contribution >= 4 is 5.97 Å². The fraction of sp³-hybridized carbons (Fsp3) is 0.800. The van der Waals surface area contributed by atoms with Gasteiger partial charge in [-0.05, 0) is 27.2 Å². The van der Waals surface area contributed by atoms with E-state index in [2.05, 4.69) is 6.58 Å². The van der Waals surface area contributed by atoms with Gasteiger partial charge >= 0.3 is 5.97 Å². The van der Waals surface area contributed by atoms with Gasteiger partial charge in [-0.25, -0.2) is 0 Å². The summed E-state index contributed by atoms with van der Waals surface area (Å²) in [6.45, 7) is 11.3. The van der Waals surface area contributed by atoms with E-state index in [9.17, 15) is 9.90 Å². The van der Waals surface area contributed by atoms with Gasteiger partial charge in [-0.15, -0.1) is 6.58 Å². The summed E-state index contributed by atoms with van der Waals surface area (Å²) in [6.07, 6.45) is 2.17. The van der Waals surface area contributed by atoms with Crippen LogP contribution in [0.2, 0.25) is 0 Å². The van der Waals surface area contributed by atoms with E-state index in [4.69, 9.17) is 9.47 Å². The van der Waals surface area contributed by atoms with Gasteiger partial charge < -0.3 is 14.6 Å². The number of rotatable bonds is 8. The van der Waals surface area contributed by atoms with Gasteiger partial charge in [0.1, 0.15) is 0 Å². The van der Waals surface area contributed by atoms with E-state index < -0.39 is 11.5 Å². The minimum Gasteiger partial charge on any atom is -0.465 e. The number of hydrogen-bond donors (Lipinski definition) is 1. The predicted molar refractivity (Wildman–Crippen MR) is 75.8 cm³/mol. The first kappa shape index (κ1) is 18.1. The third kappa shape index (κ3) is 6.73. The van der Waals surface area contributed by atoms with Crippen LogP contribution in [0.15, 0.2) is 12.7 Å². The van der Waals surface area contributed by atoms with Gasteiger partial charge in [0.15, 0.2) is 0 Å². The Balaban J connectivity index is 4.20. The highest BCUT2D eigenvalue weighted by atomic mass is 16.5. The standard InChI is InChI=1S/C15H28O4/c1-7-8-12(16)11(2)13(18-6)9-10-19-14(17)15(3,4)5/h7,11-13,16H,1,8-10H2,2-6H3/t11-,12-,13-/m1/s1. The van der Waals surface area contributed by atoms with Gasteiger partial charge in [-0.3, -0.25) is 4.79 Å². The average molecular weight is 272 g/mol. The molecule has 0 radical (unpaired) electrons. The number of esters is 1. The SMILES string of the molecule is C=CC[C@@H](O)[C@@H](C)[C@@H](CCOC(=O)C(C)(C)C)OC. The van der Waals surface area contributed by atoms with E-state index in [0.29, 0.717) is 19.4 Å². The molecule has 0 aromatic heterocycles. The maximum atomic E-state index is 11.6. The Hall–Kier alpha value is -0.870. The zero-order valence-electron chi connectivity index (χ0n) is 12.8. The maximum Gasteiger partial charge on any atom is 0.311 e. The summed E-state index contributed by atoms with van der Waals surface area (Å²) >= 11 is 0. The number of carbonyl (C=O) groups is 1. The zero-order valence-corrected chi connectivity index (χ0v) is 12.8. The van der Waals surface area contributed by atoms with Crippen molar-refractivity contribution in [3.63, 3.8) is 0 Å². The van der Waals surface area contributed by atoms with Gasteiger partial charge in [0, 0.05) is 19.4 Å². The molecular weight excluding hydrogens is 244 g/mol. The van der Waals surface area contributed by atoms with Crippen molar-refractivity contribution in [3.05, 3.63) is 12.7 Å². The van der Waals surface area contributed by atoms with Crippen LogP contribution in [0.1, 0.15) is 40.5 Å². The lowest BCUT2D eigenvalue weighted by Gasteiger charge is -2.26. The molecule has 0 heterocycles. The number of hydrogen-bond acceptors (Lipinski definition) is 4. The van der Waals surface area contributed by atoms with Crippen molar-refractivity contribution in [2.75, 3.05) is 13.7 Å². The van der Waals surface area contributed by atoms with Crippen molar-refractivity contribution in [1.82, 2.24) is 0 Å². The molecule has 1 N–H and O–H groups in total. The van der Waals surface area contributed by atoms with Gasteiger partial charge in [0.05, 0.1) is 24.2 Å². The Bertz CT molecular complexity index is 280. The summed E-state index contributed by atoms with van der Waals surface area (Å²) in [7, 11) is 1.60. The summed E-state index contributed by atoms with van der Waals surface area (Å²) < 4.78 is 10.6. The van der Waals surface area contributed by atoms with Gasteiger partial charge in [-0.2, -0.15) is 0 Å². The number of carbonyl (C=O) groups excluding carboxylic acids is 1. The molecular formula is C15H28O4. The Morgan fingerprint density at radius 3 is 2.42 bits per heavy atom. The molecule has 0 saturated carbocycles. The Labute approximate surface area is 116 Å². The van der Waals surface area contributed by atoms with Crippen molar-refractivity contribution in [1.29, 1.82) is 0 Å². The van der Waals surface area contributed by atoms with Crippen LogP contribution in [0, 0.1) is 11.3 Å². The summed E-state index contributed by atoms with van der Waals surface area (Å²) in [5.41, 5.74) is -0.490. The van der Waals surface area contributed by atoms with E-state index in [0.717, 1.165) is 0 Å². The van der Waals surface area contributed by atoms with Crippen LogP contribution in [-0.4, -0.2) is 37.0 Å². The Morgan fingerprint density at radius 2 is 2.00 bits per heavy atom. The highest BCUT2D eigenvalue weighted by Gasteiger charge is 2.26. The zero-order chi connectivity index (χ0) is 15.1. The van der Waals surface area contributed by atoms with Crippen LogP contribution in [-0.2, 0) is 14.3 Å². The van der Waals surface area contributed by atoms with Crippen molar-refractivity contribution < 1.29 is 19.4 Å². The van der Waals surface area contributed by atoms with Crippen LogP contribution >= 0.6 is 0 Å². The van der Waals surface area contributed by atoms with E-state index in [1.54, 1.807) is 13.2 Å². The van der Waals surface area contributed by atoms with Crippen LogP contribution in [0.25, 0.3) is 0 Å². The molecule has 112 valence electrons. The van der Waals surface area contributed by atoms with Crippen molar-refractivity contribution in [2.24, 2.45) is 11.3 Å². The molecule has 0 spiro atoms. The lowest BCUT2D eigenvalue weighted by Crippen LogP contribution is -2.32. The number of methoxy groups -OCH3 is 1. The molecule has 4 heteroatoms. The fourth-order valence-corrected chi connectivity index (χ4v) is 1.71. The normalized spacial score (nSPS) is 16.5. The number of aliphatic hydroxyl groups excluding tert-OH is 1. The summed E-state index contributed by atoms with van der Waals surface area (Å²) in [5, 5.41) is 9.90. The van der Waals surface area contributed by atoms with Crippen molar-refractivity contribution in [2.45, 2.75) is 52.7 Å². The lowest BCUT2D eigenvalue weighted by molar-refractivity contribution is -0.154. The van der Waals surface area contributed by atoms with Gasteiger partial charge in [-0.1, -0.05) is 13.0 Å². The van der Waals surface area contributed by atoms with Crippen LogP contribution in [0.5, 0.6) is 0 Å². The summed E-state index contributed by atoms with van der Waals surface area (Å²) in [4.78, 5) is 11.6. The lowest BCUT2D eigenvalue weighted by atomic mass is 9.93. The molecule has 3 atom stereocenters. The third-order valence-electron chi connectivity index (χ3n) is 3.15. The molecule has 0 aromatic rings. The second-order valence-corrected chi connectivity index (χ2v) is 5.90. The summed E-state index contributed by atoms with van der Waals surface area (Å²) in [6, 6.07) is 0. The first-order valence-corrected chi connectivity index (χ1v) is 6.73. The quantitative estimate of drug-likeness (QED) is 0.545. The highest BCUT2D eigenvalue weighted by Crippen LogP contribution is 2.19. The molecule has 0 rings (SSSR count). The summed E-state index contributed by atoms with van der Waals surface area (Å²) in [5.74, 6) is -0.252. The van der Waals surface area contributed by atoms with E-state index in [-0.39, 0.29) is 18.0 Å². The number of aliphatic hydroxyl groups is 1. The monoisotopic (exact) mass is 272 g/mol. The molecule has 0 aliphatic heterocycles. The molecule has 0 fully saturated rings. The van der Waals surface area contributed by atoms with Crippen LogP contribution in [0.4, 0.5) is 0 Å². The Morgan fingerprint density at radius 1 is 1.42 bits per heavy atom. The van der Waals surface area contributed by atoms with Gasteiger partial charge in [0.2, 0.25) is 0 Å². The molecule has 0 saturated heterocycles. The highest BCUT2D eigenvalue weighted by molar-refractivity contribution is 5.75. The smallest absolute Gasteiger partial charge is 0.311 e. The largest absolute Gasteiger partial charge is 0.465 e. The molecule has 0 aromatic carbocycles. The molecule has 4 nitrogen and oxygen atoms in total. The molecule has 0 amide bonds. The van der Waals surface area contributed by atoms with Crippen LogP contribution in [0.3, 0.4) is 0 Å². The Kier molecular flexibility index (Phi) is 7.95. The predicted octanol–water partition coefficient (Wildman–Crippen LogP) is 2.55. The van der Waals surface area contributed by atoms with Crippen LogP contribution < -0.4 is 0 Å². The molecule has 0 bridgehead atoms. The maximum absolute atomic E-state index is 11.6. The minimum absolute atomic E-state index is 0.0312. The fourth-order valence-electron chi connectivity index (χ4n) is 1.71. The second-order valence-electron chi connectivity index (χ2n) is 5.90. The first-order chi connectivity index (χ1) is 8.73. The minimum atomic E-state index is -0.490. The molecule has 19 heavy (non-hydrogen) atoms. The van der Waals surface area contributed by atoms with Crippen molar-refractivity contribution in [3.8, 4) is 0 Å². The van der Waals surface area contributed by atoms with Gasteiger partial charge in [0.25, 0.3) is 0 Å². The van der Waals surface area contributed by atoms with E-state index in [1.165, 1.54) is 0 Å².